The number of anilines is 2. The number of sulfonamides is 1. The first-order chi connectivity index (χ1) is 12.3. The third-order valence-corrected chi connectivity index (χ3v) is 6.18. The van der Waals surface area contributed by atoms with E-state index in [2.05, 4.69) is 10.3 Å². The van der Waals surface area contributed by atoms with E-state index >= 15 is 0 Å². The summed E-state index contributed by atoms with van der Waals surface area (Å²) in [4.78, 5) is 18.8. The molecule has 2 saturated heterocycles. The van der Waals surface area contributed by atoms with Crippen LogP contribution in [-0.2, 0) is 19.6 Å². The van der Waals surface area contributed by atoms with Gasteiger partial charge in [-0.05, 0) is 25.0 Å². The molecule has 3 heterocycles. The maximum absolute atomic E-state index is 12.4. The first kappa shape index (κ1) is 19.0. The largest absolute Gasteiger partial charge is 0.381 e. The van der Waals surface area contributed by atoms with Gasteiger partial charge < -0.3 is 20.7 Å². The number of nitrogens with two attached hydrogens (primary N) is 1. The Morgan fingerprint density at radius 1 is 1.23 bits per heavy atom. The van der Waals surface area contributed by atoms with Crippen molar-refractivity contribution in [3.8, 4) is 0 Å². The van der Waals surface area contributed by atoms with Crippen LogP contribution >= 0.6 is 0 Å². The Morgan fingerprint density at radius 2 is 1.88 bits per heavy atom. The summed E-state index contributed by atoms with van der Waals surface area (Å²) < 4.78 is 29.9. The Labute approximate surface area is 153 Å². The van der Waals surface area contributed by atoms with Crippen LogP contribution < -0.4 is 16.0 Å². The molecular weight excluding hydrogens is 358 g/mol. The first-order valence-electron chi connectivity index (χ1n) is 8.62. The topological polar surface area (TPSA) is 118 Å². The van der Waals surface area contributed by atoms with E-state index in [4.69, 9.17) is 10.5 Å². The van der Waals surface area contributed by atoms with E-state index in [-0.39, 0.29) is 5.91 Å². The molecule has 9 nitrogen and oxygen atoms in total. The minimum Gasteiger partial charge on any atom is -0.381 e. The molecule has 1 aromatic heterocycles. The molecule has 2 fully saturated rings. The molecule has 144 valence electrons. The van der Waals surface area contributed by atoms with E-state index in [0.717, 1.165) is 5.82 Å². The molecule has 0 saturated carbocycles. The predicted molar refractivity (Wildman–Crippen MR) is 98.5 cm³/mol. The van der Waals surface area contributed by atoms with Gasteiger partial charge in [0.25, 0.3) is 0 Å². The fourth-order valence-electron chi connectivity index (χ4n) is 3.11. The second kappa shape index (κ2) is 7.47. The van der Waals surface area contributed by atoms with Crippen LogP contribution in [0.25, 0.3) is 0 Å². The second-order valence-electron chi connectivity index (χ2n) is 6.78. The van der Waals surface area contributed by atoms with Crippen LogP contribution in [-0.4, -0.2) is 74.8 Å². The van der Waals surface area contributed by atoms with Crippen molar-refractivity contribution in [2.24, 2.45) is 5.73 Å². The number of nitrogens with one attached hydrogen (secondary N) is 1. The summed E-state index contributed by atoms with van der Waals surface area (Å²) in [6, 6.07) is 3.60. The Balaban J connectivity index is 1.58. The van der Waals surface area contributed by atoms with E-state index in [1.165, 1.54) is 10.6 Å². The monoisotopic (exact) mass is 383 g/mol. The molecule has 0 bridgehead atoms. The minimum absolute atomic E-state index is 0.225. The standard InChI is InChI=1S/C16H25N5O4S/c1-26(23,24)21-8-6-20(7-9-21)14-3-2-13(12-18-14)19-15(22)16(17)4-10-25-11-5-16/h2-3,12H,4-11,17H2,1H3,(H,19,22). The van der Waals surface area contributed by atoms with Crippen molar-refractivity contribution in [3.63, 3.8) is 0 Å². The zero-order valence-corrected chi connectivity index (χ0v) is 15.7. The molecule has 2 aliphatic rings. The minimum atomic E-state index is -3.15. The third kappa shape index (κ3) is 4.32. The van der Waals surface area contributed by atoms with Gasteiger partial charge in [0, 0.05) is 39.4 Å². The number of piperazine rings is 1. The van der Waals surface area contributed by atoms with Crippen molar-refractivity contribution in [1.29, 1.82) is 0 Å². The predicted octanol–water partition coefficient (Wildman–Crippen LogP) is -0.390. The lowest BCUT2D eigenvalue weighted by Crippen LogP contribution is -2.54. The van der Waals surface area contributed by atoms with Crippen molar-refractivity contribution in [3.05, 3.63) is 18.3 Å². The Morgan fingerprint density at radius 3 is 2.42 bits per heavy atom. The number of hydrogen-bond acceptors (Lipinski definition) is 7. The molecule has 0 atom stereocenters. The highest BCUT2D eigenvalue weighted by Gasteiger charge is 2.36. The second-order valence-corrected chi connectivity index (χ2v) is 8.76. The SMILES string of the molecule is CS(=O)(=O)N1CCN(c2ccc(NC(=O)C3(N)CCOCC3)cn2)CC1. The van der Waals surface area contributed by atoms with Crippen molar-refractivity contribution >= 4 is 27.4 Å². The fraction of sp³-hybridized carbons (Fsp3) is 0.625. The van der Waals surface area contributed by atoms with Gasteiger partial charge in [0.05, 0.1) is 18.1 Å². The van der Waals surface area contributed by atoms with Gasteiger partial charge >= 0.3 is 0 Å². The van der Waals surface area contributed by atoms with E-state index in [1.807, 2.05) is 11.0 Å². The van der Waals surface area contributed by atoms with Gasteiger partial charge in [0.1, 0.15) is 11.4 Å². The molecule has 3 rings (SSSR count). The van der Waals surface area contributed by atoms with Crippen molar-refractivity contribution in [2.75, 3.05) is 55.9 Å². The van der Waals surface area contributed by atoms with Gasteiger partial charge in [0.15, 0.2) is 0 Å². The highest BCUT2D eigenvalue weighted by molar-refractivity contribution is 7.88. The molecule has 3 N–H and O–H groups in total. The maximum atomic E-state index is 12.4. The highest BCUT2D eigenvalue weighted by atomic mass is 32.2. The van der Waals surface area contributed by atoms with Crippen LogP contribution in [0.3, 0.4) is 0 Å². The van der Waals surface area contributed by atoms with Crippen LogP contribution in [0.15, 0.2) is 18.3 Å². The average molecular weight is 383 g/mol. The lowest BCUT2D eigenvalue weighted by atomic mass is 9.90. The maximum Gasteiger partial charge on any atom is 0.244 e. The number of amides is 1. The lowest BCUT2D eigenvalue weighted by molar-refractivity contribution is -0.124. The summed E-state index contributed by atoms with van der Waals surface area (Å²) in [5.41, 5.74) is 5.85. The molecular formula is C16H25N5O4S. The Hall–Kier alpha value is -1.75. The smallest absolute Gasteiger partial charge is 0.244 e. The molecule has 0 radical (unpaired) electrons. The molecule has 0 spiro atoms. The summed E-state index contributed by atoms with van der Waals surface area (Å²) in [5, 5.41) is 2.82. The van der Waals surface area contributed by atoms with Crippen LogP contribution in [0.4, 0.5) is 11.5 Å². The zero-order chi connectivity index (χ0) is 18.8. The summed E-state index contributed by atoms with van der Waals surface area (Å²) in [5.74, 6) is 0.529. The van der Waals surface area contributed by atoms with Crippen LogP contribution in [0.1, 0.15) is 12.8 Å². The van der Waals surface area contributed by atoms with Gasteiger partial charge in [-0.1, -0.05) is 0 Å². The van der Waals surface area contributed by atoms with Crippen LogP contribution in [0.5, 0.6) is 0 Å². The van der Waals surface area contributed by atoms with Crippen LogP contribution in [0, 0.1) is 0 Å². The molecule has 0 unspecified atom stereocenters. The van der Waals surface area contributed by atoms with Crippen molar-refractivity contribution < 1.29 is 17.9 Å². The van der Waals surface area contributed by atoms with E-state index < -0.39 is 15.6 Å². The number of ether oxygens (including phenoxy) is 1. The van der Waals surface area contributed by atoms with Crippen molar-refractivity contribution in [2.45, 2.75) is 18.4 Å². The molecule has 0 aromatic carbocycles. The van der Waals surface area contributed by atoms with E-state index in [9.17, 15) is 13.2 Å². The normalized spacial score (nSPS) is 21.4. The quantitative estimate of drug-likeness (QED) is 0.727. The number of carbonyl (C=O) groups excluding carboxylic acids is 1. The lowest BCUT2D eigenvalue weighted by Gasteiger charge is -2.34. The van der Waals surface area contributed by atoms with Crippen molar-refractivity contribution in [1.82, 2.24) is 9.29 Å². The Bertz CT molecular complexity index is 738. The third-order valence-electron chi connectivity index (χ3n) is 4.87. The molecule has 2 aliphatic heterocycles. The highest BCUT2D eigenvalue weighted by Crippen LogP contribution is 2.21. The van der Waals surface area contributed by atoms with Gasteiger partial charge in [-0.3, -0.25) is 4.79 Å². The van der Waals surface area contributed by atoms with Crippen LogP contribution in [0.2, 0.25) is 0 Å². The van der Waals surface area contributed by atoms with E-state index in [1.54, 1.807) is 12.3 Å². The zero-order valence-electron chi connectivity index (χ0n) is 14.8. The van der Waals surface area contributed by atoms with Gasteiger partial charge in [0.2, 0.25) is 15.9 Å². The number of pyridine rings is 1. The average Bonchev–Trinajstić information content (AvgIpc) is 2.62. The van der Waals surface area contributed by atoms with Gasteiger partial charge in [-0.2, -0.15) is 4.31 Å². The number of carbonyl (C=O) groups is 1. The summed E-state index contributed by atoms with van der Waals surface area (Å²) >= 11 is 0. The number of hydrogen-bond donors (Lipinski definition) is 2. The Kier molecular flexibility index (Phi) is 5.47. The number of aromatic nitrogens is 1. The first-order valence-corrected chi connectivity index (χ1v) is 10.5. The van der Waals surface area contributed by atoms with Gasteiger partial charge in [-0.25, -0.2) is 13.4 Å². The number of rotatable bonds is 4. The molecule has 10 heteroatoms. The molecule has 1 aromatic rings. The molecule has 0 aliphatic carbocycles. The van der Waals surface area contributed by atoms with E-state index in [0.29, 0.717) is 57.9 Å². The molecule has 26 heavy (non-hydrogen) atoms. The fourth-order valence-corrected chi connectivity index (χ4v) is 3.94. The number of nitrogens with zero attached hydrogens (tertiary/aromatic N) is 3. The summed E-state index contributed by atoms with van der Waals surface area (Å²) in [7, 11) is -3.15. The summed E-state index contributed by atoms with van der Waals surface area (Å²) in [6.45, 7) is 3.02. The van der Waals surface area contributed by atoms with Gasteiger partial charge in [-0.15, -0.1) is 0 Å². The summed E-state index contributed by atoms with van der Waals surface area (Å²) in [6.07, 6.45) is 3.81. The molecule has 1 amide bonds.